The summed E-state index contributed by atoms with van der Waals surface area (Å²) in [6, 6.07) is 11.7. The summed E-state index contributed by atoms with van der Waals surface area (Å²) in [7, 11) is 0. The maximum Gasteiger partial charge on any atom is 0.154 e. The molecule has 3 rings (SSSR count). The number of fused-ring (bicyclic) bond motifs is 3. The lowest BCUT2D eigenvalue weighted by molar-refractivity contribution is 0.669. The predicted molar refractivity (Wildman–Crippen MR) is 66.4 cm³/mol. The van der Waals surface area contributed by atoms with E-state index in [1.54, 1.807) is 0 Å². The molecule has 0 atom stereocenters. The molecule has 0 aliphatic rings. The molecule has 0 saturated heterocycles. The van der Waals surface area contributed by atoms with Crippen LogP contribution in [-0.4, -0.2) is 0 Å². The Balaban J connectivity index is 2.65. The van der Waals surface area contributed by atoms with E-state index >= 15 is 0 Å². The molecule has 0 N–H and O–H groups in total. The van der Waals surface area contributed by atoms with Gasteiger partial charge in [0, 0.05) is 15.2 Å². The molecule has 0 radical (unpaired) electrons. The zero-order valence-electron chi connectivity index (χ0n) is 7.63. The second kappa shape index (κ2) is 3.26. The van der Waals surface area contributed by atoms with Crippen LogP contribution < -0.4 is 0 Å². The molecule has 0 saturated carbocycles. The van der Waals surface area contributed by atoms with Gasteiger partial charge in [0.25, 0.3) is 0 Å². The van der Waals surface area contributed by atoms with Crippen molar-refractivity contribution in [2.24, 2.45) is 0 Å². The monoisotopic (exact) mass is 280 g/mol. The van der Waals surface area contributed by atoms with Crippen molar-refractivity contribution < 1.29 is 4.42 Å². The Bertz CT molecular complexity index is 657. The van der Waals surface area contributed by atoms with Gasteiger partial charge in [-0.05, 0) is 18.2 Å². The van der Waals surface area contributed by atoms with Gasteiger partial charge in [-0.25, -0.2) is 0 Å². The fourth-order valence-electron chi connectivity index (χ4n) is 1.77. The van der Waals surface area contributed by atoms with Crippen molar-refractivity contribution in [2.75, 3.05) is 0 Å². The van der Waals surface area contributed by atoms with Crippen LogP contribution in [0.2, 0.25) is 5.02 Å². The molecule has 0 aliphatic carbocycles. The summed E-state index contributed by atoms with van der Waals surface area (Å²) in [6.07, 6.45) is 0. The van der Waals surface area contributed by atoms with Crippen LogP contribution in [0, 0.1) is 0 Å². The maximum absolute atomic E-state index is 6.07. The number of benzene rings is 2. The molecule has 3 heteroatoms. The van der Waals surface area contributed by atoms with Gasteiger partial charge >= 0.3 is 0 Å². The van der Waals surface area contributed by atoms with E-state index in [0.717, 1.165) is 26.4 Å². The highest BCUT2D eigenvalue weighted by Crippen LogP contribution is 2.36. The van der Waals surface area contributed by atoms with Gasteiger partial charge < -0.3 is 4.42 Å². The molecular formula is C12H6BrClO. The third-order valence-electron chi connectivity index (χ3n) is 2.42. The largest absolute Gasteiger partial charge is 0.454 e. The Morgan fingerprint density at radius 2 is 1.87 bits per heavy atom. The van der Waals surface area contributed by atoms with Crippen LogP contribution in [0.25, 0.3) is 21.9 Å². The molecule has 1 nitrogen and oxygen atoms in total. The van der Waals surface area contributed by atoms with Gasteiger partial charge in [-0.15, -0.1) is 0 Å². The molecule has 15 heavy (non-hydrogen) atoms. The van der Waals surface area contributed by atoms with Gasteiger partial charge in [0.2, 0.25) is 0 Å². The van der Waals surface area contributed by atoms with Crippen molar-refractivity contribution in [1.29, 1.82) is 0 Å². The number of rotatable bonds is 0. The van der Waals surface area contributed by atoms with E-state index in [1.165, 1.54) is 0 Å². The highest BCUT2D eigenvalue weighted by Gasteiger charge is 2.11. The molecule has 2 aromatic carbocycles. The highest BCUT2D eigenvalue weighted by molar-refractivity contribution is 9.10. The molecule has 0 fully saturated rings. The summed E-state index contributed by atoms with van der Waals surface area (Å²) in [4.78, 5) is 0. The fraction of sp³-hybridized carbons (Fsp3) is 0. The average molecular weight is 282 g/mol. The van der Waals surface area contributed by atoms with E-state index < -0.39 is 0 Å². The summed E-state index contributed by atoms with van der Waals surface area (Å²) in [5.41, 5.74) is 1.61. The van der Waals surface area contributed by atoms with E-state index in [0.29, 0.717) is 5.02 Å². The minimum atomic E-state index is 0.649. The van der Waals surface area contributed by atoms with Crippen molar-refractivity contribution in [2.45, 2.75) is 0 Å². The van der Waals surface area contributed by atoms with Gasteiger partial charge in [-0.3, -0.25) is 0 Å². The SMILES string of the molecule is Clc1cccc2c1oc1cccc(Br)c12. The van der Waals surface area contributed by atoms with E-state index in [2.05, 4.69) is 15.9 Å². The van der Waals surface area contributed by atoms with Gasteiger partial charge in [-0.1, -0.05) is 45.7 Å². The van der Waals surface area contributed by atoms with Crippen LogP contribution in [0.15, 0.2) is 45.3 Å². The maximum atomic E-state index is 6.07. The minimum Gasteiger partial charge on any atom is -0.454 e. The van der Waals surface area contributed by atoms with Crippen molar-refractivity contribution in [3.05, 3.63) is 45.9 Å². The molecule has 0 spiro atoms. The third kappa shape index (κ3) is 1.29. The summed E-state index contributed by atoms with van der Waals surface area (Å²) >= 11 is 9.59. The van der Waals surface area contributed by atoms with E-state index in [1.807, 2.05) is 36.4 Å². The smallest absolute Gasteiger partial charge is 0.154 e. The third-order valence-corrected chi connectivity index (χ3v) is 3.38. The van der Waals surface area contributed by atoms with Crippen molar-refractivity contribution in [3.8, 4) is 0 Å². The van der Waals surface area contributed by atoms with Crippen LogP contribution in [0.3, 0.4) is 0 Å². The van der Waals surface area contributed by atoms with Crippen molar-refractivity contribution in [3.63, 3.8) is 0 Å². The molecule has 0 aliphatic heterocycles. The minimum absolute atomic E-state index is 0.649. The first-order chi connectivity index (χ1) is 7.27. The first kappa shape index (κ1) is 9.25. The number of furan rings is 1. The zero-order valence-corrected chi connectivity index (χ0v) is 9.97. The molecular weight excluding hydrogens is 275 g/mol. The lowest BCUT2D eigenvalue weighted by Gasteiger charge is -1.92. The second-order valence-corrected chi connectivity index (χ2v) is 4.59. The lowest BCUT2D eigenvalue weighted by Crippen LogP contribution is -1.68. The number of para-hydroxylation sites is 1. The first-order valence-electron chi connectivity index (χ1n) is 4.52. The topological polar surface area (TPSA) is 13.1 Å². The summed E-state index contributed by atoms with van der Waals surface area (Å²) in [6.45, 7) is 0. The lowest BCUT2D eigenvalue weighted by atomic mass is 10.1. The quantitative estimate of drug-likeness (QED) is 0.565. The van der Waals surface area contributed by atoms with Crippen molar-refractivity contribution in [1.82, 2.24) is 0 Å². The van der Waals surface area contributed by atoms with Crippen LogP contribution in [-0.2, 0) is 0 Å². The average Bonchev–Trinajstić information content (AvgIpc) is 2.59. The number of halogens is 2. The van der Waals surface area contributed by atoms with Crippen LogP contribution >= 0.6 is 27.5 Å². The zero-order chi connectivity index (χ0) is 10.4. The Labute approximate surface area is 99.8 Å². The fourth-order valence-corrected chi connectivity index (χ4v) is 2.54. The Morgan fingerprint density at radius 1 is 1.07 bits per heavy atom. The van der Waals surface area contributed by atoms with Gasteiger partial charge in [0.1, 0.15) is 5.58 Å². The molecule has 1 aromatic heterocycles. The molecule has 0 bridgehead atoms. The summed E-state index contributed by atoms with van der Waals surface area (Å²) in [5.74, 6) is 0. The Kier molecular flexibility index (Phi) is 2.01. The predicted octanol–water partition coefficient (Wildman–Crippen LogP) is 5.00. The van der Waals surface area contributed by atoms with E-state index in [-0.39, 0.29) is 0 Å². The molecule has 0 amide bonds. The van der Waals surface area contributed by atoms with Crippen molar-refractivity contribution >= 4 is 49.5 Å². The number of hydrogen-bond donors (Lipinski definition) is 0. The molecule has 0 unspecified atom stereocenters. The highest BCUT2D eigenvalue weighted by atomic mass is 79.9. The molecule has 74 valence electrons. The van der Waals surface area contributed by atoms with Gasteiger partial charge in [0.15, 0.2) is 5.58 Å². The Morgan fingerprint density at radius 3 is 2.73 bits per heavy atom. The number of hydrogen-bond acceptors (Lipinski definition) is 1. The standard InChI is InChI=1S/C12H6BrClO/c13-8-4-2-6-10-11(8)7-3-1-5-9(14)12(7)15-10/h1-6H. The van der Waals surface area contributed by atoms with Crippen LogP contribution in [0.5, 0.6) is 0 Å². The molecule has 3 aromatic rings. The second-order valence-electron chi connectivity index (χ2n) is 3.33. The van der Waals surface area contributed by atoms with Crippen LogP contribution in [0.4, 0.5) is 0 Å². The summed E-state index contributed by atoms with van der Waals surface area (Å²) < 4.78 is 6.73. The summed E-state index contributed by atoms with van der Waals surface area (Å²) in [5, 5.41) is 2.77. The van der Waals surface area contributed by atoms with Gasteiger partial charge in [-0.2, -0.15) is 0 Å². The Hall–Kier alpha value is -0.990. The molecule has 1 heterocycles. The van der Waals surface area contributed by atoms with Gasteiger partial charge in [0.05, 0.1) is 5.02 Å². The van der Waals surface area contributed by atoms with E-state index in [4.69, 9.17) is 16.0 Å². The normalized spacial score (nSPS) is 11.3. The van der Waals surface area contributed by atoms with E-state index in [9.17, 15) is 0 Å². The van der Waals surface area contributed by atoms with Crippen LogP contribution in [0.1, 0.15) is 0 Å². The first-order valence-corrected chi connectivity index (χ1v) is 5.70.